The Morgan fingerprint density at radius 1 is 1.27 bits per heavy atom. The molecule has 22 heavy (non-hydrogen) atoms. The van der Waals surface area contributed by atoms with Crippen LogP contribution in [0.4, 0.5) is 4.39 Å². The van der Waals surface area contributed by atoms with Gasteiger partial charge in [0, 0.05) is 18.5 Å². The van der Waals surface area contributed by atoms with Crippen molar-refractivity contribution in [2.24, 2.45) is 5.41 Å². The van der Waals surface area contributed by atoms with E-state index < -0.39 is 11.8 Å². The van der Waals surface area contributed by atoms with Crippen molar-refractivity contribution in [3.05, 3.63) is 35.1 Å². The van der Waals surface area contributed by atoms with Gasteiger partial charge in [0.25, 0.3) is 0 Å². The maximum Gasteiger partial charge on any atom is 0.338 e. The van der Waals surface area contributed by atoms with Crippen molar-refractivity contribution >= 4 is 11.9 Å². The van der Waals surface area contributed by atoms with Crippen LogP contribution >= 0.6 is 0 Å². The number of likely N-dealkylation sites (tertiary alicyclic amines) is 1. The zero-order valence-corrected chi connectivity index (χ0v) is 12.6. The van der Waals surface area contributed by atoms with Crippen LogP contribution in [0.15, 0.2) is 18.2 Å². The van der Waals surface area contributed by atoms with Crippen molar-refractivity contribution < 1.29 is 19.1 Å². The van der Waals surface area contributed by atoms with Crippen molar-refractivity contribution in [3.63, 3.8) is 0 Å². The number of carbonyl (C=O) groups is 2. The maximum atomic E-state index is 14.3. The standard InChI is InChI=1S/C17H20FNO3/c1-17(7-8-17)16(22)19-9-5-11(6-10-19)12-3-2-4-13(14(12)18)15(20)21/h2-4,11H,5-10H2,1H3,(H,20,21). The zero-order chi connectivity index (χ0) is 15.9. The minimum atomic E-state index is -1.24. The molecule has 0 atom stereocenters. The molecule has 0 radical (unpaired) electrons. The molecule has 2 aliphatic rings. The predicted molar refractivity (Wildman–Crippen MR) is 79.3 cm³/mol. The zero-order valence-electron chi connectivity index (χ0n) is 12.6. The molecule has 1 aromatic carbocycles. The lowest BCUT2D eigenvalue weighted by Gasteiger charge is -2.34. The van der Waals surface area contributed by atoms with Gasteiger partial charge in [-0.1, -0.05) is 19.1 Å². The second-order valence-corrected chi connectivity index (χ2v) is 6.64. The van der Waals surface area contributed by atoms with Gasteiger partial charge in [-0.15, -0.1) is 0 Å². The lowest BCUT2D eigenvalue weighted by atomic mass is 9.87. The minimum Gasteiger partial charge on any atom is -0.478 e. The Bertz CT molecular complexity index is 616. The van der Waals surface area contributed by atoms with E-state index in [0.29, 0.717) is 31.5 Å². The molecule has 4 nitrogen and oxygen atoms in total. The van der Waals surface area contributed by atoms with Crippen LogP contribution in [0, 0.1) is 11.2 Å². The Balaban J connectivity index is 1.70. The fourth-order valence-electron chi connectivity index (χ4n) is 3.21. The summed E-state index contributed by atoms with van der Waals surface area (Å²) in [5, 5.41) is 9.01. The number of hydrogen-bond donors (Lipinski definition) is 1. The highest BCUT2D eigenvalue weighted by Gasteiger charge is 2.47. The van der Waals surface area contributed by atoms with Crippen molar-refractivity contribution in [2.75, 3.05) is 13.1 Å². The van der Waals surface area contributed by atoms with E-state index in [1.54, 1.807) is 12.1 Å². The second kappa shape index (κ2) is 5.38. The maximum absolute atomic E-state index is 14.3. The predicted octanol–water partition coefficient (Wildman–Crippen LogP) is 3.03. The fourth-order valence-corrected chi connectivity index (χ4v) is 3.21. The fraction of sp³-hybridized carbons (Fsp3) is 0.529. The van der Waals surface area contributed by atoms with E-state index in [0.717, 1.165) is 12.8 Å². The molecule has 2 fully saturated rings. The highest BCUT2D eigenvalue weighted by Crippen LogP contribution is 2.47. The molecular formula is C17H20FNO3. The summed E-state index contributed by atoms with van der Waals surface area (Å²) in [6.07, 6.45) is 3.28. The molecule has 1 saturated carbocycles. The monoisotopic (exact) mass is 305 g/mol. The van der Waals surface area contributed by atoms with Gasteiger partial charge in [0.2, 0.25) is 5.91 Å². The summed E-state index contributed by atoms with van der Waals surface area (Å²) in [6, 6.07) is 4.53. The first kappa shape index (κ1) is 15.0. The first-order valence-corrected chi connectivity index (χ1v) is 7.73. The Morgan fingerprint density at radius 3 is 2.45 bits per heavy atom. The van der Waals surface area contributed by atoms with E-state index in [1.165, 1.54) is 6.07 Å². The van der Waals surface area contributed by atoms with E-state index in [2.05, 4.69) is 0 Å². The molecule has 1 aliphatic heterocycles. The lowest BCUT2D eigenvalue weighted by Crippen LogP contribution is -2.41. The summed E-state index contributed by atoms with van der Waals surface area (Å²) in [5.41, 5.74) is 0.0209. The number of hydrogen-bond acceptors (Lipinski definition) is 2. The van der Waals surface area contributed by atoms with Gasteiger partial charge in [0.05, 0.1) is 5.56 Å². The van der Waals surface area contributed by atoms with Crippen LogP contribution in [0.2, 0.25) is 0 Å². The van der Waals surface area contributed by atoms with Crippen LogP contribution < -0.4 is 0 Å². The van der Waals surface area contributed by atoms with E-state index in [-0.39, 0.29) is 22.8 Å². The first-order chi connectivity index (χ1) is 10.4. The number of carboxylic acid groups (broad SMARTS) is 1. The summed E-state index contributed by atoms with van der Waals surface area (Å²) < 4.78 is 14.3. The van der Waals surface area contributed by atoms with E-state index in [4.69, 9.17) is 5.11 Å². The Labute approximate surface area is 128 Å². The van der Waals surface area contributed by atoms with Gasteiger partial charge >= 0.3 is 5.97 Å². The summed E-state index contributed by atoms with van der Waals surface area (Å²) in [6.45, 7) is 3.24. The van der Waals surface area contributed by atoms with Gasteiger partial charge < -0.3 is 10.0 Å². The van der Waals surface area contributed by atoms with Crippen molar-refractivity contribution in [1.82, 2.24) is 4.90 Å². The number of carbonyl (C=O) groups excluding carboxylic acids is 1. The molecule has 1 aromatic rings. The molecule has 1 N–H and O–H groups in total. The molecule has 1 amide bonds. The minimum absolute atomic E-state index is 0.0182. The Kier molecular flexibility index (Phi) is 3.67. The molecule has 0 unspecified atom stereocenters. The van der Waals surface area contributed by atoms with E-state index in [9.17, 15) is 14.0 Å². The van der Waals surface area contributed by atoms with Crippen molar-refractivity contribution in [2.45, 2.75) is 38.5 Å². The second-order valence-electron chi connectivity index (χ2n) is 6.64. The number of benzene rings is 1. The number of nitrogens with zero attached hydrogens (tertiary/aromatic N) is 1. The Hall–Kier alpha value is -1.91. The van der Waals surface area contributed by atoms with Gasteiger partial charge in [-0.2, -0.15) is 0 Å². The number of halogens is 1. The number of aromatic carboxylic acids is 1. The summed E-state index contributed by atoms with van der Waals surface area (Å²) >= 11 is 0. The molecule has 1 saturated heterocycles. The van der Waals surface area contributed by atoms with Gasteiger partial charge in [-0.25, -0.2) is 9.18 Å². The highest BCUT2D eigenvalue weighted by atomic mass is 19.1. The molecule has 118 valence electrons. The van der Waals surface area contributed by atoms with Crippen molar-refractivity contribution in [3.8, 4) is 0 Å². The van der Waals surface area contributed by atoms with Crippen LogP contribution in [-0.2, 0) is 4.79 Å². The van der Waals surface area contributed by atoms with E-state index >= 15 is 0 Å². The molecular weight excluding hydrogens is 285 g/mol. The van der Waals surface area contributed by atoms with Crippen molar-refractivity contribution in [1.29, 1.82) is 0 Å². The largest absolute Gasteiger partial charge is 0.478 e. The molecule has 1 heterocycles. The van der Waals surface area contributed by atoms with Crippen LogP contribution in [-0.4, -0.2) is 35.0 Å². The summed E-state index contributed by atoms with van der Waals surface area (Å²) in [4.78, 5) is 25.2. The van der Waals surface area contributed by atoms with Gasteiger partial charge in [0.1, 0.15) is 5.82 Å². The van der Waals surface area contributed by atoms with Crippen LogP contribution in [0.3, 0.4) is 0 Å². The van der Waals surface area contributed by atoms with Gasteiger partial charge in [0.15, 0.2) is 0 Å². The third kappa shape index (κ3) is 2.60. The van der Waals surface area contributed by atoms with Crippen LogP contribution in [0.25, 0.3) is 0 Å². The third-order valence-corrected chi connectivity index (χ3v) is 5.00. The number of carboxylic acids is 1. The lowest BCUT2D eigenvalue weighted by molar-refractivity contribution is -0.137. The summed E-state index contributed by atoms with van der Waals surface area (Å²) in [7, 11) is 0. The number of piperidine rings is 1. The number of amides is 1. The first-order valence-electron chi connectivity index (χ1n) is 7.73. The highest BCUT2D eigenvalue weighted by molar-refractivity contribution is 5.88. The average molecular weight is 305 g/mol. The molecule has 5 heteroatoms. The van der Waals surface area contributed by atoms with Gasteiger partial charge in [-0.3, -0.25) is 4.79 Å². The smallest absolute Gasteiger partial charge is 0.338 e. The molecule has 0 spiro atoms. The third-order valence-electron chi connectivity index (χ3n) is 5.00. The Morgan fingerprint density at radius 2 is 1.91 bits per heavy atom. The normalized spacial score (nSPS) is 20.7. The molecule has 0 bridgehead atoms. The van der Waals surface area contributed by atoms with Crippen LogP contribution in [0.1, 0.15) is 54.4 Å². The molecule has 1 aliphatic carbocycles. The van der Waals surface area contributed by atoms with E-state index in [1.807, 2.05) is 11.8 Å². The summed E-state index contributed by atoms with van der Waals surface area (Å²) in [5.74, 6) is -1.68. The molecule has 3 rings (SSSR count). The SMILES string of the molecule is CC1(C(=O)N2CCC(c3cccc(C(=O)O)c3F)CC2)CC1. The average Bonchev–Trinajstić information content (AvgIpc) is 3.26. The van der Waals surface area contributed by atoms with Gasteiger partial charge in [-0.05, 0) is 43.2 Å². The quantitative estimate of drug-likeness (QED) is 0.934. The molecule has 0 aromatic heterocycles. The van der Waals surface area contributed by atoms with Crippen LogP contribution in [0.5, 0.6) is 0 Å². The topological polar surface area (TPSA) is 57.6 Å². The number of rotatable bonds is 3.